The Bertz CT molecular complexity index is 1360. The lowest BCUT2D eigenvalue weighted by atomic mass is 10.0. The van der Waals surface area contributed by atoms with E-state index >= 15 is 0 Å². The Morgan fingerprint density at radius 3 is 1.34 bits per heavy atom. The first-order valence-corrected chi connectivity index (χ1v) is 30.4. The maximum atomic E-state index is 13.4. The number of allylic oxidation sites excluding steroid dienone is 8. The second-order valence-electron chi connectivity index (χ2n) is 20.9. The third-order valence-corrected chi connectivity index (χ3v) is 14.0. The minimum Gasteiger partial charge on any atom is -0.462 e. The van der Waals surface area contributed by atoms with Crippen LogP contribution in [0.3, 0.4) is 0 Å². The minimum atomic E-state index is -0.936. The lowest BCUT2D eigenvalue weighted by Crippen LogP contribution is -2.31. The molecule has 1 aliphatic rings. The second-order valence-corrected chi connectivity index (χ2v) is 20.9. The molecule has 0 bridgehead atoms. The van der Waals surface area contributed by atoms with Crippen molar-refractivity contribution in [1.82, 2.24) is 4.90 Å². The summed E-state index contributed by atoms with van der Waals surface area (Å²) < 4.78 is 28.4. The van der Waals surface area contributed by atoms with Gasteiger partial charge in [0.05, 0.1) is 6.61 Å². The van der Waals surface area contributed by atoms with Gasteiger partial charge in [0.2, 0.25) is 0 Å². The number of nitrogens with zero attached hydrogens (tertiary/aromatic N) is 1. The average Bonchev–Trinajstić information content (AvgIpc) is 3.80. The van der Waals surface area contributed by atoms with Gasteiger partial charge in [0, 0.05) is 25.3 Å². The Balaban J connectivity index is 2.65. The predicted molar refractivity (Wildman–Crippen MR) is 303 cm³/mol. The molecule has 10 heteroatoms. The first-order valence-electron chi connectivity index (χ1n) is 30.4. The van der Waals surface area contributed by atoms with E-state index in [1.807, 2.05) is 0 Å². The number of likely N-dealkylation sites (tertiary alicyclic amines) is 1. The molecular weight excluding hydrogens is 915 g/mol. The van der Waals surface area contributed by atoms with E-state index in [9.17, 15) is 19.2 Å². The molecule has 1 fully saturated rings. The summed E-state index contributed by atoms with van der Waals surface area (Å²) in [5.41, 5.74) is 0. The third kappa shape index (κ3) is 45.7. The van der Waals surface area contributed by atoms with Gasteiger partial charge >= 0.3 is 24.1 Å². The molecule has 0 amide bonds. The lowest BCUT2D eigenvalue weighted by molar-refractivity contribution is -0.167. The van der Waals surface area contributed by atoms with E-state index in [0.717, 1.165) is 135 Å². The molecule has 0 spiro atoms. The van der Waals surface area contributed by atoms with Gasteiger partial charge in [-0.05, 0) is 129 Å². The van der Waals surface area contributed by atoms with E-state index in [1.165, 1.54) is 96.3 Å². The zero-order valence-corrected chi connectivity index (χ0v) is 47.6. The molecule has 422 valence electrons. The fraction of sp³-hybridized carbons (Fsp3) is 0.810. The molecule has 0 aromatic rings. The minimum absolute atomic E-state index is 0.00109. The highest BCUT2D eigenvalue weighted by molar-refractivity contribution is 5.71. The van der Waals surface area contributed by atoms with Crippen molar-refractivity contribution in [2.75, 3.05) is 33.4 Å². The quantitative estimate of drug-likeness (QED) is 0.0252. The first-order chi connectivity index (χ1) is 35.8. The maximum Gasteiger partial charge on any atom is 0.508 e. The Kier molecular flexibility index (Phi) is 48.2. The molecule has 0 aliphatic carbocycles. The lowest BCUT2D eigenvalue weighted by Gasteiger charge is -2.21. The molecule has 0 N–H and O–H groups in total. The number of unbranched alkanes of at least 4 members (excludes halogenated alkanes) is 25. The fourth-order valence-corrected chi connectivity index (χ4v) is 9.23. The summed E-state index contributed by atoms with van der Waals surface area (Å²) in [6.45, 7) is 7.68. The predicted octanol–water partition coefficient (Wildman–Crippen LogP) is 17.7. The van der Waals surface area contributed by atoms with E-state index < -0.39 is 24.3 Å². The first kappa shape index (κ1) is 67.6. The van der Waals surface area contributed by atoms with Crippen molar-refractivity contribution >= 4 is 24.1 Å². The van der Waals surface area contributed by atoms with Crippen LogP contribution in [-0.2, 0) is 38.1 Å². The van der Waals surface area contributed by atoms with Crippen LogP contribution in [0.2, 0.25) is 0 Å². The zero-order chi connectivity index (χ0) is 52.9. The van der Waals surface area contributed by atoms with Gasteiger partial charge in [-0.25, -0.2) is 4.79 Å². The van der Waals surface area contributed by atoms with Crippen molar-refractivity contribution in [2.24, 2.45) is 0 Å². The van der Waals surface area contributed by atoms with Gasteiger partial charge in [0.25, 0.3) is 0 Å². The normalized spacial score (nSPS) is 14.6. The largest absolute Gasteiger partial charge is 0.508 e. The van der Waals surface area contributed by atoms with Crippen molar-refractivity contribution < 1.29 is 42.9 Å². The molecule has 1 rings (SSSR count). The molecule has 0 aromatic heterocycles. The summed E-state index contributed by atoms with van der Waals surface area (Å²) in [5, 5.41) is 0. The average molecular weight is 1030 g/mol. The molecule has 1 aliphatic heterocycles. The summed E-state index contributed by atoms with van der Waals surface area (Å²) in [4.78, 5) is 54.3. The van der Waals surface area contributed by atoms with Crippen molar-refractivity contribution in [2.45, 2.75) is 296 Å². The Hall–Kier alpha value is -3.40. The van der Waals surface area contributed by atoms with Crippen LogP contribution in [0.4, 0.5) is 4.79 Å². The Labute approximate surface area is 448 Å². The Morgan fingerprint density at radius 2 is 0.877 bits per heavy atom. The van der Waals surface area contributed by atoms with E-state index in [-0.39, 0.29) is 50.8 Å². The highest BCUT2D eigenvalue weighted by Gasteiger charge is 2.24. The van der Waals surface area contributed by atoms with Crippen LogP contribution in [0.1, 0.15) is 278 Å². The van der Waals surface area contributed by atoms with E-state index in [4.69, 9.17) is 23.7 Å². The van der Waals surface area contributed by atoms with Crippen molar-refractivity contribution in [3.8, 4) is 0 Å². The van der Waals surface area contributed by atoms with E-state index in [0.29, 0.717) is 19.1 Å². The molecular formula is C63H111NO9. The molecule has 2 atom stereocenters. The number of hydrogen-bond donors (Lipinski definition) is 0. The zero-order valence-electron chi connectivity index (χ0n) is 47.6. The van der Waals surface area contributed by atoms with Crippen LogP contribution in [0.25, 0.3) is 0 Å². The Morgan fingerprint density at radius 1 is 0.452 bits per heavy atom. The van der Waals surface area contributed by atoms with Crippen molar-refractivity contribution in [3.05, 3.63) is 48.6 Å². The van der Waals surface area contributed by atoms with Gasteiger partial charge in [-0.15, -0.1) is 0 Å². The van der Waals surface area contributed by atoms with Crippen molar-refractivity contribution in [3.63, 3.8) is 0 Å². The highest BCUT2D eigenvalue weighted by Crippen LogP contribution is 2.20. The number of esters is 3. The van der Waals surface area contributed by atoms with Crippen LogP contribution in [0, 0.1) is 0 Å². The fourth-order valence-electron chi connectivity index (χ4n) is 9.23. The topological polar surface area (TPSA) is 118 Å². The second kappa shape index (κ2) is 52.1. The van der Waals surface area contributed by atoms with Crippen LogP contribution in [0.15, 0.2) is 48.6 Å². The molecule has 2 unspecified atom stereocenters. The van der Waals surface area contributed by atoms with Crippen LogP contribution >= 0.6 is 0 Å². The third-order valence-electron chi connectivity index (χ3n) is 14.0. The standard InChI is InChI=1S/C63H111NO9/c1-5-8-11-14-17-20-23-25-27-29-31-34-37-40-43-48-60(65)70-55-59(56-71-61(66)49-44-41-38-35-32-30-28-26-24-21-18-15-12-9-6-2)72-62(67)51-50-58(47-42-39-36-33-22-19-16-13-10-7-3)73-63(68)69-54-52-57-46-45-53-64(57)4/h17-18,20-21,25-28,57-59H,5-16,19,22-24,29-56H2,1-4H3/b20-17-,21-18-,27-25-,28-26-. The van der Waals surface area contributed by atoms with E-state index in [1.54, 1.807) is 0 Å². The van der Waals surface area contributed by atoms with Gasteiger partial charge in [0.1, 0.15) is 19.3 Å². The summed E-state index contributed by atoms with van der Waals surface area (Å²) in [7, 11) is 2.11. The number of hydrogen-bond acceptors (Lipinski definition) is 10. The smallest absolute Gasteiger partial charge is 0.462 e. The SMILES string of the molecule is CCCCC/C=C\C/C=C\CCCCCCCC(=O)OCC(COC(=O)CCCCCCC/C=C\C/C=C\CCCCC)OC(=O)CCC(CCCCCCCCCCCC)OC(=O)OCCC1CCCN1C. The van der Waals surface area contributed by atoms with Crippen LogP contribution in [-0.4, -0.2) is 80.6 Å². The molecule has 10 nitrogen and oxygen atoms in total. The monoisotopic (exact) mass is 1030 g/mol. The summed E-state index contributed by atoms with van der Waals surface area (Å²) >= 11 is 0. The molecule has 1 saturated heterocycles. The molecule has 0 radical (unpaired) electrons. The summed E-state index contributed by atoms with van der Waals surface area (Å²) in [6, 6.07) is 0.410. The summed E-state index contributed by atoms with van der Waals surface area (Å²) in [5.74, 6) is -1.23. The molecule has 1 heterocycles. The van der Waals surface area contributed by atoms with Crippen molar-refractivity contribution in [1.29, 1.82) is 0 Å². The number of carbonyl (C=O) groups excluding carboxylic acids is 4. The van der Waals surface area contributed by atoms with Crippen LogP contribution < -0.4 is 0 Å². The van der Waals surface area contributed by atoms with Gasteiger partial charge in [-0.1, -0.05) is 191 Å². The maximum absolute atomic E-state index is 13.4. The molecule has 73 heavy (non-hydrogen) atoms. The van der Waals surface area contributed by atoms with E-state index in [2.05, 4.69) is 81.3 Å². The van der Waals surface area contributed by atoms with Gasteiger partial charge in [-0.2, -0.15) is 0 Å². The van der Waals surface area contributed by atoms with Crippen LogP contribution in [0.5, 0.6) is 0 Å². The number of carbonyl (C=O) groups is 4. The summed E-state index contributed by atoms with van der Waals surface area (Å²) in [6.07, 6.45) is 56.6. The van der Waals surface area contributed by atoms with Gasteiger partial charge in [-0.3, -0.25) is 14.4 Å². The number of rotatable bonds is 51. The van der Waals surface area contributed by atoms with Gasteiger partial charge in [0.15, 0.2) is 6.10 Å². The molecule has 0 aromatic carbocycles. The number of ether oxygens (including phenoxy) is 5. The van der Waals surface area contributed by atoms with Gasteiger partial charge < -0.3 is 28.6 Å². The molecule has 0 saturated carbocycles. The highest BCUT2D eigenvalue weighted by atomic mass is 16.7.